The molecule has 0 spiro atoms. The van der Waals surface area contributed by atoms with E-state index in [2.05, 4.69) is 10.3 Å². The summed E-state index contributed by atoms with van der Waals surface area (Å²) in [5, 5.41) is 3.28. The van der Waals surface area contributed by atoms with Crippen molar-refractivity contribution in [3.8, 4) is 0 Å². The smallest absolute Gasteiger partial charge is 0.147 e. The summed E-state index contributed by atoms with van der Waals surface area (Å²) in [7, 11) is 0. The number of benzene rings is 1. The summed E-state index contributed by atoms with van der Waals surface area (Å²) < 4.78 is 13.4. The first-order valence-corrected chi connectivity index (χ1v) is 4.97. The molecule has 0 aliphatic carbocycles. The highest BCUT2D eigenvalue weighted by Crippen LogP contribution is 2.25. The monoisotopic (exact) mass is 237 g/mol. The summed E-state index contributed by atoms with van der Waals surface area (Å²) in [6.45, 7) is 0. The third-order valence-corrected chi connectivity index (χ3v) is 2.27. The van der Waals surface area contributed by atoms with Crippen LogP contribution in [-0.4, -0.2) is 4.98 Å². The van der Waals surface area contributed by atoms with E-state index in [1.807, 2.05) is 0 Å². The number of aromatic nitrogens is 1. The first kappa shape index (κ1) is 10.7. The highest BCUT2D eigenvalue weighted by molar-refractivity contribution is 6.30. The number of pyridine rings is 1. The molecule has 3 N–H and O–H groups in total. The molecule has 0 aliphatic rings. The predicted molar refractivity (Wildman–Crippen MR) is 63.3 cm³/mol. The highest BCUT2D eigenvalue weighted by Gasteiger charge is 2.05. The van der Waals surface area contributed by atoms with Crippen LogP contribution in [-0.2, 0) is 0 Å². The lowest BCUT2D eigenvalue weighted by Gasteiger charge is -2.09. The van der Waals surface area contributed by atoms with Gasteiger partial charge < -0.3 is 11.1 Å². The summed E-state index contributed by atoms with van der Waals surface area (Å²) in [6.07, 6.45) is 1.56. The van der Waals surface area contributed by atoms with Crippen molar-refractivity contribution in [2.45, 2.75) is 0 Å². The van der Waals surface area contributed by atoms with Crippen LogP contribution in [0.5, 0.6) is 0 Å². The normalized spacial score (nSPS) is 10.1. The van der Waals surface area contributed by atoms with Crippen molar-refractivity contribution in [1.29, 1.82) is 0 Å². The zero-order valence-electron chi connectivity index (χ0n) is 8.24. The van der Waals surface area contributed by atoms with Gasteiger partial charge in [-0.2, -0.15) is 0 Å². The molecule has 3 nitrogen and oxygen atoms in total. The number of nitrogens with zero attached hydrogens (tertiary/aromatic N) is 1. The number of nitrogen functional groups attached to an aromatic ring is 1. The molecule has 0 radical (unpaired) electrons. The van der Waals surface area contributed by atoms with Gasteiger partial charge in [0.1, 0.15) is 11.6 Å². The zero-order chi connectivity index (χ0) is 11.5. The van der Waals surface area contributed by atoms with Gasteiger partial charge >= 0.3 is 0 Å². The fourth-order valence-corrected chi connectivity index (χ4v) is 1.43. The van der Waals surface area contributed by atoms with Crippen LogP contribution in [0.15, 0.2) is 36.5 Å². The lowest BCUT2D eigenvalue weighted by molar-refractivity contribution is 0.632. The molecule has 0 aliphatic heterocycles. The van der Waals surface area contributed by atoms with E-state index in [1.54, 1.807) is 18.3 Å². The van der Waals surface area contributed by atoms with Gasteiger partial charge in [0, 0.05) is 11.2 Å². The van der Waals surface area contributed by atoms with Gasteiger partial charge in [-0.3, -0.25) is 0 Å². The number of hydrogen-bond donors (Lipinski definition) is 2. The number of hydrogen-bond acceptors (Lipinski definition) is 3. The van der Waals surface area contributed by atoms with Crippen molar-refractivity contribution in [2.24, 2.45) is 0 Å². The molecular weight excluding hydrogens is 229 g/mol. The molecule has 0 bridgehead atoms. The van der Waals surface area contributed by atoms with E-state index in [4.69, 9.17) is 17.3 Å². The fraction of sp³-hybridized carbons (Fsp3) is 0. The molecule has 0 atom stereocenters. The summed E-state index contributed by atoms with van der Waals surface area (Å²) in [5.41, 5.74) is 6.44. The molecule has 0 amide bonds. The summed E-state index contributed by atoms with van der Waals surface area (Å²) in [6, 6.07) is 7.68. The third-order valence-electron chi connectivity index (χ3n) is 2.04. The average molecular weight is 238 g/mol. The van der Waals surface area contributed by atoms with Crippen LogP contribution in [0, 0.1) is 5.82 Å². The van der Waals surface area contributed by atoms with Crippen LogP contribution in [0.4, 0.5) is 21.6 Å². The molecule has 1 aromatic carbocycles. The van der Waals surface area contributed by atoms with E-state index in [0.29, 0.717) is 16.5 Å². The summed E-state index contributed by atoms with van der Waals surface area (Å²) >= 11 is 5.77. The van der Waals surface area contributed by atoms with E-state index in [1.165, 1.54) is 18.2 Å². The van der Waals surface area contributed by atoms with Gasteiger partial charge in [0.2, 0.25) is 0 Å². The molecule has 0 fully saturated rings. The van der Waals surface area contributed by atoms with Crippen molar-refractivity contribution in [1.82, 2.24) is 4.98 Å². The minimum atomic E-state index is -0.396. The van der Waals surface area contributed by atoms with E-state index < -0.39 is 5.82 Å². The topological polar surface area (TPSA) is 50.9 Å². The van der Waals surface area contributed by atoms with Crippen LogP contribution in [0.3, 0.4) is 0 Å². The number of halogens is 2. The SMILES string of the molecule is Nc1ncccc1Nc1cc(Cl)ccc1F. The Balaban J connectivity index is 2.34. The molecule has 1 aromatic heterocycles. The van der Waals surface area contributed by atoms with Crippen molar-refractivity contribution < 1.29 is 4.39 Å². The second-order valence-corrected chi connectivity index (χ2v) is 3.62. The quantitative estimate of drug-likeness (QED) is 0.843. The van der Waals surface area contributed by atoms with Crippen LogP contribution in [0.2, 0.25) is 5.02 Å². The Kier molecular flexibility index (Phi) is 2.92. The van der Waals surface area contributed by atoms with E-state index in [-0.39, 0.29) is 5.69 Å². The first-order chi connectivity index (χ1) is 7.66. The van der Waals surface area contributed by atoms with Gasteiger partial charge in [-0.05, 0) is 30.3 Å². The standard InChI is InChI=1S/C11H9ClFN3/c12-7-3-4-8(13)10(6-7)16-9-2-1-5-15-11(9)14/h1-6,16H,(H2,14,15). The minimum Gasteiger partial charge on any atom is -0.382 e. The number of nitrogens with one attached hydrogen (secondary N) is 1. The Morgan fingerprint density at radius 2 is 2.06 bits per heavy atom. The van der Waals surface area contributed by atoms with Gasteiger partial charge in [0.05, 0.1) is 11.4 Å². The van der Waals surface area contributed by atoms with Crippen molar-refractivity contribution in [3.63, 3.8) is 0 Å². The van der Waals surface area contributed by atoms with Gasteiger partial charge in [0.15, 0.2) is 0 Å². The summed E-state index contributed by atoms with van der Waals surface area (Å²) in [4.78, 5) is 3.89. The average Bonchev–Trinajstić information content (AvgIpc) is 2.27. The second kappa shape index (κ2) is 4.37. The Morgan fingerprint density at radius 1 is 1.25 bits per heavy atom. The Labute approximate surface area is 97.1 Å². The molecule has 0 unspecified atom stereocenters. The zero-order valence-corrected chi connectivity index (χ0v) is 9.00. The number of anilines is 3. The fourth-order valence-electron chi connectivity index (χ4n) is 1.26. The Morgan fingerprint density at radius 3 is 2.81 bits per heavy atom. The predicted octanol–water partition coefficient (Wildman–Crippen LogP) is 3.20. The van der Waals surface area contributed by atoms with Crippen LogP contribution < -0.4 is 11.1 Å². The molecule has 0 saturated carbocycles. The second-order valence-electron chi connectivity index (χ2n) is 3.19. The molecule has 5 heteroatoms. The van der Waals surface area contributed by atoms with Crippen molar-refractivity contribution in [3.05, 3.63) is 47.4 Å². The van der Waals surface area contributed by atoms with E-state index in [9.17, 15) is 4.39 Å². The van der Waals surface area contributed by atoms with Crippen LogP contribution >= 0.6 is 11.6 Å². The van der Waals surface area contributed by atoms with Gasteiger partial charge in [-0.15, -0.1) is 0 Å². The maximum absolute atomic E-state index is 13.4. The van der Waals surface area contributed by atoms with Gasteiger partial charge in [0.25, 0.3) is 0 Å². The first-order valence-electron chi connectivity index (χ1n) is 4.59. The Hall–Kier alpha value is -1.81. The minimum absolute atomic E-state index is 0.271. The highest BCUT2D eigenvalue weighted by atomic mass is 35.5. The molecule has 2 rings (SSSR count). The third kappa shape index (κ3) is 2.23. The lowest BCUT2D eigenvalue weighted by Crippen LogP contribution is -1.99. The van der Waals surface area contributed by atoms with Gasteiger partial charge in [-0.1, -0.05) is 11.6 Å². The van der Waals surface area contributed by atoms with Crippen molar-refractivity contribution >= 4 is 28.8 Å². The largest absolute Gasteiger partial charge is 0.382 e. The molecule has 0 saturated heterocycles. The molecule has 1 heterocycles. The molecular formula is C11H9ClFN3. The molecule has 82 valence electrons. The maximum Gasteiger partial charge on any atom is 0.147 e. The van der Waals surface area contributed by atoms with Crippen LogP contribution in [0.1, 0.15) is 0 Å². The molecule has 16 heavy (non-hydrogen) atoms. The number of nitrogens with two attached hydrogens (primary N) is 1. The van der Waals surface area contributed by atoms with Crippen molar-refractivity contribution in [2.75, 3.05) is 11.1 Å². The summed E-state index contributed by atoms with van der Waals surface area (Å²) in [5.74, 6) is -0.0884. The lowest BCUT2D eigenvalue weighted by atomic mass is 10.3. The maximum atomic E-state index is 13.4. The Bertz CT molecular complexity index is 516. The molecule has 2 aromatic rings. The van der Waals surface area contributed by atoms with E-state index >= 15 is 0 Å². The number of rotatable bonds is 2. The van der Waals surface area contributed by atoms with Crippen LogP contribution in [0.25, 0.3) is 0 Å². The van der Waals surface area contributed by atoms with E-state index in [0.717, 1.165) is 0 Å². The van der Waals surface area contributed by atoms with Gasteiger partial charge in [-0.25, -0.2) is 9.37 Å².